The average molecular weight is 381 g/mol. The highest BCUT2D eigenvalue weighted by molar-refractivity contribution is 7.10. The Morgan fingerprint density at radius 2 is 2.16 bits per heavy atom. The van der Waals surface area contributed by atoms with E-state index in [1.54, 1.807) is 35.6 Å². The van der Waals surface area contributed by atoms with Gasteiger partial charge in [-0.05, 0) is 29.6 Å². The van der Waals surface area contributed by atoms with E-state index in [1.807, 2.05) is 6.07 Å². The number of thiophene rings is 1. The topological polar surface area (TPSA) is 50.8 Å². The van der Waals surface area contributed by atoms with Crippen LogP contribution in [0, 0.1) is 0 Å². The smallest absolute Gasteiger partial charge is 0.258 e. The molecule has 0 spiro atoms. The van der Waals surface area contributed by atoms with E-state index in [-0.39, 0.29) is 18.6 Å². The number of rotatable bonds is 7. The van der Waals surface area contributed by atoms with Crippen molar-refractivity contribution in [2.45, 2.75) is 6.04 Å². The molecule has 25 heavy (non-hydrogen) atoms. The van der Waals surface area contributed by atoms with Gasteiger partial charge in [0.25, 0.3) is 5.91 Å². The van der Waals surface area contributed by atoms with Gasteiger partial charge in [-0.25, -0.2) is 0 Å². The zero-order chi connectivity index (χ0) is 17.5. The highest BCUT2D eigenvalue weighted by atomic mass is 35.5. The summed E-state index contributed by atoms with van der Waals surface area (Å²) in [6, 6.07) is 11.3. The molecular formula is C18H21ClN2O3S. The Kier molecular flexibility index (Phi) is 6.69. The predicted molar refractivity (Wildman–Crippen MR) is 99.4 cm³/mol. The number of carbonyl (C=O) groups excluding carboxylic acids is 1. The largest absolute Gasteiger partial charge is 0.484 e. The number of ether oxygens (including phenoxy) is 2. The van der Waals surface area contributed by atoms with Crippen LogP contribution < -0.4 is 10.1 Å². The molecule has 1 fully saturated rings. The minimum absolute atomic E-state index is 0.0272. The van der Waals surface area contributed by atoms with Crippen molar-refractivity contribution >= 4 is 28.8 Å². The molecule has 3 rings (SSSR count). The normalized spacial score (nSPS) is 16.4. The van der Waals surface area contributed by atoms with E-state index in [0.29, 0.717) is 17.3 Å². The van der Waals surface area contributed by atoms with E-state index in [1.165, 1.54) is 4.88 Å². The fourth-order valence-electron chi connectivity index (χ4n) is 2.75. The molecule has 0 saturated carbocycles. The highest BCUT2D eigenvalue weighted by Gasteiger charge is 2.23. The maximum absolute atomic E-state index is 12.1. The molecule has 1 aliphatic rings. The van der Waals surface area contributed by atoms with Gasteiger partial charge in [-0.1, -0.05) is 23.7 Å². The van der Waals surface area contributed by atoms with Crippen LogP contribution in [0.25, 0.3) is 0 Å². The van der Waals surface area contributed by atoms with Crippen LogP contribution in [0.5, 0.6) is 5.75 Å². The van der Waals surface area contributed by atoms with Crippen molar-refractivity contribution in [3.8, 4) is 5.75 Å². The molecule has 1 N–H and O–H groups in total. The third kappa shape index (κ3) is 5.44. The highest BCUT2D eigenvalue weighted by Crippen LogP contribution is 2.25. The Bertz CT molecular complexity index is 675. The van der Waals surface area contributed by atoms with E-state index in [0.717, 1.165) is 26.3 Å². The number of amides is 1. The summed E-state index contributed by atoms with van der Waals surface area (Å²) in [6.45, 7) is 3.73. The monoisotopic (exact) mass is 380 g/mol. The van der Waals surface area contributed by atoms with Gasteiger partial charge >= 0.3 is 0 Å². The fourth-order valence-corrected chi connectivity index (χ4v) is 3.79. The molecule has 1 aromatic heterocycles. The maximum Gasteiger partial charge on any atom is 0.258 e. The molecule has 2 aromatic rings. The van der Waals surface area contributed by atoms with Gasteiger partial charge in [-0.2, -0.15) is 0 Å². The molecule has 7 heteroatoms. The first-order chi connectivity index (χ1) is 12.2. The van der Waals surface area contributed by atoms with E-state index in [4.69, 9.17) is 21.1 Å². The van der Waals surface area contributed by atoms with Gasteiger partial charge in [0.15, 0.2) is 6.61 Å². The van der Waals surface area contributed by atoms with Crippen molar-refractivity contribution in [1.29, 1.82) is 0 Å². The van der Waals surface area contributed by atoms with Gasteiger partial charge in [0, 0.05) is 29.5 Å². The number of hydrogen-bond donors (Lipinski definition) is 1. The summed E-state index contributed by atoms with van der Waals surface area (Å²) in [6.07, 6.45) is 0. The van der Waals surface area contributed by atoms with E-state index in [2.05, 4.69) is 21.7 Å². The summed E-state index contributed by atoms with van der Waals surface area (Å²) in [4.78, 5) is 15.8. The molecule has 1 atom stereocenters. The van der Waals surface area contributed by atoms with Crippen LogP contribution in [0.15, 0.2) is 41.8 Å². The number of morpholine rings is 1. The first-order valence-electron chi connectivity index (χ1n) is 8.22. The van der Waals surface area contributed by atoms with Crippen molar-refractivity contribution in [2.75, 3.05) is 39.5 Å². The lowest BCUT2D eigenvalue weighted by Crippen LogP contribution is -2.44. The quantitative estimate of drug-likeness (QED) is 0.802. The van der Waals surface area contributed by atoms with E-state index in [9.17, 15) is 4.79 Å². The Labute approximate surface area is 156 Å². The van der Waals surface area contributed by atoms with Gasteiger partial charge in [0.1, 0.15) is 5.75 Å². The number of hydrogen-bond acceptors (Lipinski definition) is 5. The minimum Gasteiger partial charge on any atom is -0.484 e. The first-order valence-corrected chi connectivity index (χ1v) is 9.48. The van der Waals surface area contributed by atoms with Crippen LogP contribution in [0.4, 0.5) is 0 Å². The van der Waals surface area contributed by atoms with Crippen LogP contribution in [0.2, 0.25) is 5.02 Å². The number of nitrogens with one attached hydrogen (secondary N) is 1. The van der Waals surface area contributed by atoms with Gasteiger partial charge in [0.05, 0.1) is 19.3 Å². The molecule has 0 aliphatic carbocycles. The Morgan fingerprint density at radius 1 is 1.32 bits per heavy atom. The zero-order valence-corrected chi connectivity index (χ0v) is 15.4. The SMILES string of the molecule is O=C(COc1cccc(Cl)c1)NC[C@H](c1cccs1)N1CCOCC1. The molecule has 1 saturated heterocycles. The molecule has 1 amide bonds. The van der Waals surface area contributed by atoms with Crippen LogP contribution in [-0.2, 0) is 9.53 Å². The lowest BCUT2D eigenvalue weighted by molar-refractivity contribution is -0.123. The van der Waals surface area contributed by atoms with Crippen molar-refractivity contribution in [3.05, 3.63) is 51.7 Å². The zero-order valence-electron chi connectivity index (χ0n) is 13.8. The van der Waals surface area contributed by atoms with Gasteiger partial charge < -0.3 is 14.8 Å². The molecule has 0 radical (unpaired) electrons. The van der Waals surface area contributed by atoms with Crippen molar-refractivity contribution in [1.82, 2.24) is 10.2 Å². The standard InChI is InChI=1S/C18H21ClN2O3S/c19-14-3-1-4-15(11-14)24-13-18(22)20-12-16(17-5-2-10-25-17)21-6-8-23-9-7-21/h1-5,10-11,16H,6-9,12-13H2,(H,20,22)/t16-/m1/s1. The molecule has 0 unspecified atom stereocenters. The van der Waals surface area contributed by atoms with Crippen LogP contribution >= 0.6 is 22.9 Å². The molecule has 5 nitrogen and oxygen atoms in total. The predicted octanol–water partition coefficient (Wildman–Crippen LogP) is 2.97. The fraction of sp³-hybridized carbons (Fsp3) is 0.389. The second kappa shape index (κ2) is 9.20. The number of carbonyl (C=O) groups is 1. The van der Waals surface area contributed by atoms with Gasteiger partial charge in [0.2, 0.25) is 0 Å². The summed E-state index contributed by atoms with van der Waals surface area (Å²) in [5.41, 5.74) is 0. The molecule has 1 aliphatic heterocycles. The first kappa shape index (κ1) is 18.2. The maximum atomic E-state index is 12.1. The van der Waals surface area contributed by atoms with Crippen molar-refractivity contribution in [3.63, 3.8) is 0 Å². The molecule has 0 bridgehead atoms. The number of nitrogens with zero attached hydrogens (tertiary/aromatic N) is 1. The second-order valence-corrected chi connectivity index (χ2v) is 7.15. The summed E-state index contributed by atoms with van der Waals surface area (Å²) >= 11 is 7.62. The lowest BCUT2D eigenvalue weighted by atomic mass is 10.2. The Hall–Kier alpha value is -1.60. The van der Waals surface area contributed by atoms with Gasteiger partial charge in [-0.3, -0.25) is 9.69 Å². The van der Waals surface area contributed by atoms with E-state index >= 15 is 0 Å². The molecule has 1 aromatic carbocycles. The second-order valence-electron chi connectivity index (χ2n) is 5.73. The summed E-state index contributed by atoms with van der Waals surface area (Å²) in [5, 5.41) is 5.63. The lowest BCUT2D eigenvalue weighted by Gasteiger charge is -2.34. The van der Waals surface area contributed by atoms with Crippen molar-refractivity contribution < 1.29 is 14.3 Å². The Balaban J connectivity index is 1.52. The third-order valence-corrected chi connectivity index (χ3v) is 5.23. The molecule has 134 valence electrons. The molecular weight excluding hydrogens is 360 g/mol. The van der Waals surface area contributed by atoms with Crippen LogP contribution in [0.3, 0.4) is 0 Å². The van der Waals surface area contributed by atoms with Gasteiger partial charge in [-0.15, -0.1) is 11.3 Å². The van der Waals surface area contributed by atoms with E-state index < -0.39 is 0 Å². The summed E-state index contributed by atoms with van der Waals surface area (Å²) < 4.78 is 10.9. The Morgan fingerprint density at radius 3 is 2.88 bits per heavy atom. The van der Waals surface area contributed by atoms with Crippen molar-refractivity contribution in [2.24, 2.45) is 0 Å². The van der Waals surface area contributed by atoms with Crippen LogP contribution in [0.1, 0.15) is 10.9 Å². The number of benzene rings is 1. The third-order valence-electron chi connectivity index (χ3n) is 4.02. The average Bonchev–Trinajstić information content (AvgIpc) is 3.15. The minimum atomic E-state index is -0.144. The number of halogens is 1. The van der Waals surface area contributed by atoms with Crippen LogP contribution in [-0.4, -0.2) is 50.3 Å². The molecule has 2 heterocycles. The summed E-state index contributed by atoms with van der Waals surface area (Å²) in [7, 11) is 0. The summed E-state index contributed by atoms with van der Waals surface area (Å²) in [5.74, 6) is 0.445.